The molecule has 100 valence electrons. The SMILES string of the molecule is Cc1ccsc1C=C1Oc2ccc(C(=O)O)cc2C1=O. The number of carboxylic acid groups (broad SMARTS) is 1. The molecule has 0 bridgehead atoms. The number of thiophene rings is 1. The van der Waals surface area contributed by atoms with Crippen molar-refractivity contribution in [3.8, 4) is 5.75 Å². The average molecular weight is 286 g/mol. The van der Waals surface area contributed by atoms with Crippen molar-refractivity contribution in [1.82, 2.24) is 0 Å². The van der Waals surface area contributed by atoms with Gasteiger partial charge in [0, 0.05) is 11.0 Å². The highest BCUT2D eigenvalue weighted by molar-refractivity contribution is 7.11. The van der Waals surface area contributed by atoms with Gasteiger partial charge in [0.05, 0.1) is 11.1 Å². The smallest absolute Gasteiger partial charge is 0.335 e. The molecule has 1 aromatic heterocycles. The number of ketones is 1. The van der Waals surface area contributed by atoms with E-state index in [0.717, 1.165) is 10.4 Å². The van der Waals surface area contributed by atoms with E-state index in [-0.39, 0.29) is 17.1 Å². The Balaban J connectivity index is 2.01. The van der Waals surface area contributed by atoms with Crippen LogP contribution in [0.15, 0.2) is 35.4 Å². The van der Waals surface area contributed by atoms with Crippen molar-refractivity contribution < 1.29 is 19.4 Å². The number of aromatic carboxylic acids is 1. The van der Waals surface area contributed by atoms with Gasteiger partial charge in [0.15, 0.2) is 5.76 Å². The molecule has 0 unspecified atom stereocenters. The molecule has 0 atom stereocenters. The molecule has 2 heterocycles. The molecule has 0 amide bonds. The molecule has 0 aliphatic carbocycles. The Morgan fingerprint density at radius 1 is 1.35 bits per heavy atom. The Morgan fingerprint density at radius 3 is 2.80 bits per heavy atom. The van der Waals surface area contributed by atoms with Crippen molar-refractivity contribution in [3.05, 3.63) is 57.0 Å². The van der Waals surface area contributed by atoms with Crippen LogP contribution in [0.2, 0.25) is 0 Å². The molecule has 0 radical (unpaired) electrons. The lowest BCUT2D eigenvalue weighted by Crippen LogP contribution is -2.00. The molecule has 2 aromatic rings. The van der Waals surface area contributed by atoms with E-state index in [9.17, 15) is 9.59 Å². The number of ether oxygens (including phenoxy) is 1. The van der Waals surface area contributed by atoms with Crippen LogP contribution in [-0.4, -0.2) is 16.9 Å². The van der Waals surface area contributed by atoms with E-state index < -0.39 is 5.97 Å². The lowest BCUT2D eigenvalue weighted by molar-refractivity contribution is 0.0697. The van der Waals surface area contributed by atoms with Gasteiger partial charge in [-0.3, -0.25) is 4.79 Å². The number of fused-ring (bicyclic) bond motifs is 1. The first-order chi connectivity index (χ1) is 9.56. The Morgan fingerprint density at radius 2 is 2.15 bits per heavy atom. The fraction of sp³-hybridized carbons (Fsp3) is 0.0667. The summed E-state index contributed by atoms with van der Waals surface area (Å²) in [4.78, 5) is 24.1. The standard InChI is InChI=1S/C15H10O4S/c1-8-4-5-20-13(8)7-12-14(16)10-6-9(15(17)18)2-3-11(10)19-12/h2-7H,1H3,(H,17,18). The average Bonchev–Trinajstić information content (AvgIpc) is 2.95. The Labute approximate surface area is 118 Å². The van der Waals surface area contributed by atoms with Gasteiger partial charge in [0.1, 0.15) is 5.75 Å². The Hall–Kier alpha value is -2.40. The van der Waals surface area contributed by atoms with Crippen LogP contribution < -0.4 is 4.74 Å². The van der Waals surface area contributed by atoms with Crippen LogP contribution in [0.5, 0.6) is 5.75 Å². The number of benzene rings is 1. The fourth-order valence-corrected chi connectivity index (χ4v) is 2.82. The Bertz CT molecular complexity index is 755. The van der Waals surface area contributed by atoms with Gasteiger partial charge >= 0.3 is 5.97 Å². The van der Waals surface area contributed by atoms with E-state index in [1.165, 1.54) is 29.5 Å². The number of allylic oxidation sites excluding steroid dienone is 1. The highest BCUT2D eigenvalue weighted by Gasteiger charge is 2.28. The summed E-state index contributed by atoms with van der Waals surface area (Å²) in [5.74, 6) is -0.712. The third-order valence-corrected chi connectivity index (χ3v) is 4.04. The summed E-state index contributed by atoms with van der Waals surface area (Å²) in [6, 6.07) is 6.25. The molecule has 20 heavy (non-hydrogen) atoms. The van der Waals surface area contributed by atoms with Crippen LogP contribution in [0.3, 0.4) is 0 Å². The molecule has 4 nitrogen and oxygen atoms in total. The van der Waals surface area contributed by atoms with Gasteiger partial charge in [0.25, 0.3) is 0 Å². The molecule has 0 saturated heterocycles. The minimum atomic E-state index is -1.06. The van der Waals surface area contributed by atoms with E-state index in [0.29, 0.717) is 11.3 Å². The highest BCUT2D eigenvalue weighted by atomic mass is 32.1. The molecule has 5 heteroatoms. The van der Waals surface area contributed by atoms with E-state index in [2.05, 4.69) is 0 Å². The summed E-state index contributed by atoms with van der Waals surface area (Å²) in [7, 11) is 0. The summed E-state index contributed by atoms with van der Waals surface area (Å²) < 4.78 is 5.51. The lowest BCUT2D eigenvalue weighted by Gasteiger charge is -1.98. The minimum absolute atomic E-state index is 0.0780. The van der Waals surface area contributed by atoms with E-state index in [1.807, 2.05) is 18.4 Å². The van der Waals surface area contributed by atoms with Gasteiger partial charge in [-0.05, 0) is 42.1 Å². The maximum Gasteiger partial charge on any atom is 0.335 e. The molecule has 0 saturated carbocycles. The lowest BCUT2D eigenvalue weighted by atomic mass is 10.1. The molecule has 1 aromatic carbocycles. The van der Waals surface area contributed by atoms with Crippen molar-refractivity contribution >= 4 is 29.2 Å². The van der Waals surface area contributed by atoms with Gasteiger partial charge < -0.3 is 9.84 Å². The van der Waals surface area contributed by atoms with Crippen molar-refractivity contribution in [2.45, 2.75) is 6.92 Å². The number of carbonyl (C=O) groups is 2. The van der Waals surface area contributed by atoms with E-state index >= 15 is 0 Å². The normalized spacial score (nSPS) is 15.2. The zero-order valence-corrected chi connectivity index (χ0v) is 11.4. The number of carboxylic acids is 1. The quantitative estimate of drug-likeness (QED) is 0.860. The topological polar surface area (TPSA) is 63.6 Å². The predicted molar refractivity (Wildman–Crippen MR) is 75.4 cm³/mol. The van der Waals surface area contributed by atoms with E-state index in [4.69, 9.17) is 9.84 Å². The number of hydrogen-bond donors (Lipinski definition) is 1. The molecule has 1 aliphatic rings. The second kappa shape index (κ2) is 4.61. The molecular weight excluding hydrogens is 276 g/mol. The van der Waals surface area contributed by atoms with Gasteiger partial charge in [-0.25, -0.2) is 4.79 Å². The molecule has 0 spiro atoms. The van der Waals surface area contributed by atoms with Crippen LogP contribution in [0.4, 0.5) is 0 Å². The van der Waals surface area contributed by atoms with Crippen LogP contribution in [0, 0.1) is 6.92 Å². The van der Waals surface area contributed by atoms with Crippen molar-refractivity contribution in [3.63, 3.8) is 0 Å². The summed E-state index contributed by atoms with van der Waals surface area (Å²) >= 11 is 1.52. The first kappa shape index (κ1) is 12.6. The number of carbonyl (C=O) groups excluding carboxylic acids is 1. The first-order valence-corrected chi connectivity index (χ1v) is 6.80. The number of Topliss-reactive ketones (excluding diaryl/α,β-unsaturated/α-hetero) is 1. The largest absolute Gasteiger partial charge is 0.478 e. The summed E-state index contributed by atoms with van der Waals surface area (Å²) in [6.07, 6.45) is 1.70. The fourth-order valence-electron chi connectivity index (χ4n) is 1.97. The minimum Gasteiger partial charge on any atom is -0.478 e. The zero-order valence-electron chi connectivity index (χ0n) is 10.5. The third kappa shape index (κ3) is 2.02. The van der Waals surface area contributed by atoms with Gasteiger partial charge in [-0.1, -0.05) is 0 Å². The van der Waals surface area contributed by atoms with Crippen LogP contribution >= 0.6 is 11.3 Å². The maximum absolute atomic E-state index is 12.2. The van der Waals surface area contributed by atoms with Crippen molar-refractivity contribution in [2.75, 3.05) is 0 Å². The van der Waals surface area contributed by atoms with E-state index in [1.54, 1.807) is 6.08 Å². The number of hydrogen-bond acceptors (Lipinski definition) is 4. The summed E-state index contributed by atoms with van der Waals surface area (Å²) in [6.45, 7) is 1.96. The van der Waals surface area contributed by atoms with Crippen molar-refractivity contribution in [1.29, 1.82) is 0 Å². The highest BCUT2D eigenvalue weighted by Crippen LogP contribution is 2.33. The van der Waals surface area contributed by atoms with Gasteiger partial charge in [0.2, 0.25) is 5.78 Å². The first-order valence-electron chi connectivity index (χ1n) is 5.92. The van der Waals surface area contributed by atoms with Crippen LogP contribution in [-0.2, 0) is 0 Å². The number of rotatable bonds is 2. The second-order valence-corrected chi connectivity index (χ2v) is 5.37. The monoisotopic (exact) mass is 286 g/mol. The Kier molecular flexibility index (Phi) is 2.91. The van der Waals surface area contributed by atoms with Crippen molar-refractivity contribution in [2.24, 2.45) is 0 Å². The zero-order chi connectivity index (χ0) is 14.3. The molecule has 1 N–H and O–H groups in total. The molecule has 1 aliphatic heterocycles. The summed E-state index contributed by atoms with van der Waals surface area (Å²) in [5.41, 5.74) is 1.45. The van der Waals surface area contributed by atoms with Gasteiger partial charge in [-0.15, -0.1) is 11.3 Å². The number of aryl methyl sites for hydroxylation is 1. The van der Waals surface area contributed by atoms with Gasteiger partial charge in [-0.2, -0.15) is 0 Å². The van der Waals surface area contributed by atoms with Crippen LogP contribution in [0.25, 0.3) is 6.08 Å². The molecule has 0 fully saturated rings. The molecular formula is C15H10O4S. The summed E-state index contributed by atoms with van der Waals surface area (Å²) in [5, 5.41) is 10.9. The third-order valence-electron chi connectivity index (χ3n) is 3.08. The maximum atomic E-state index is 12.2. The predicted octanol–water partition coefficient (Wildman–Crippen LogP) is 3.37. The second-order valence-electron chi connectivity index (χ2n) is 4.42. The molecule has 3 rings (SSSR count). The van der Waals surface area contributed by atoms with Crippen LogP contribution in [0.1, 0.15) is 31.2 Å².